The van der Waals surface area contributed by atoms with Gasteiger partial charge in [0.25, 0.3) is 0 Å². The zero-order valence-corrected chi connectivity index (χ0v) is 12.7. The van der Waals surface area contributed by atoms with Gasteiger partial charge >= 0.3 is 0 Å². The highest BCUT2D eigenvalue weighted by Crippen LogP contribution is 2.33. The average molecular weight is 304 g/mol. The normalized spacial score (nSPS) is 19.4. The first-order valence-electron chi connectivity index (χ1n) is 7.13. The van der Waals surface area contributed by atoms with Crippen LogP contribution in [0.15, 0.2) is 36.8 Å². The lowest BCUT2D eigenvalue weighted by Crippen LogP contribution is -2.22. The monoisotopic (exact) mass is 303 g/mol. The van der Waals surface area contributed by atoms with Crippen LogP contribution in [0, 0.1) is 12.8 Å². The Morgan fingerprint density at radius 3 is 2.95 bits per heavy atom. The minimum Gasteiger partial charge on any atom is -0.483 e. The van der Waals surface area contributed by atoms with Gasteiger partial charge in [0, 0.05) is 29.9 Å². The van der Waals surface area contributed by atoms with Gasteiger partial charge in [0.05, 0.1) is 11.9 Å². The van der Waals surface area contributed by atoms with Gasteiger partial charge in [-0.2, -0.15) is 0 Å². The summed E-state index contributed by atoms with van der Waals surface area (Å²) in [5.74, 6) is 1.25. The van der Waals surface area contributed by atoms with Crippen LogP contribution in [0.3, 0.4) is 0 Å². The molecule has 1 aliphatic rings. The van der Waals surface area contributed by atoms with Gasteiger partial charge in [-0.25, -0.2) is 0 Å². The zero-order chi connectivity index (χ0) is 14.7. The lowest BCUT2D eigenvalue weighted by Gasteiger charge is -2.24. The van der Waals surface area contributed by atoms with Gasteiger partial charge in [-0.15, -0.1) is 0 Å². The number of hydrogen-bond donors (Lipinski definition) is 1. The molecule has 2 aromatic rings. The molecule has 1 N–H and O–H groups in total. The summed E-state index contributed by atoms with van der Waals surface area (Å²) in [5.41, 5.74) is 1.91. The number of nitrogens with zero attached hydrogens (tertiary/aromatic N) is 2. The van der Waals surface area contributed by atoms with Gasteiger partial charge in [-0.3, -0.25) is 9.97 Å². The minimum atomic E-state index is -0.0893. The fourth-order valence-corrected chi connectivity index (χ4v) is 2.90. The minimum absolute atomic E-state index is 0.0893. The second kappa shape index (κ2) is 6.41. The van der Waals surface area contributed by atoms with Gasteiger partial charge in [-0.1, -0.05) is 11.6 Å². The maximum absolute atomic E-state index is 6.27. The summed E-state index contributed by atoms with van der Waals surface area (Å²) in [5, 5.41) is 4.10. The summed E-state index contributed by atoms with van der Waals surface area (Å²) < 4.78 is 6.27. The lowest BCUT2D eigenvalue weighted by atomic mass is 9.99. The molecule has 1 aromatic carbocycles. The SMILES string of the molecule is Cc1cc(Cl)ccc1O[C@H](c1cnccn1)[C@H]1CCNC1. The van der Waals surface area contributed by atoms with E-state index in [0.717, 1.165) is 41.5 Å². The van der Waals surface area contributed by atoms with Crippen molar-refractivity contribution < 1.29 is 4.74 Å². The average Bonchev–Trinajstić information content (AvgIpc) is 3.01. The Labute approximate surface area is 129 Å². The highest BCUT2D eigenvalue weighted by atomic mass is 35.5. The Hall–Kier alpha value is -1.65. The molecule has 1 fully saturated rings. The van der Waals surface area contributed by atoms with Crippen LogP contribution in [0.5, 0.6) is 5.75 Å². The van der Waals surface area contributed by atoms with Gasteiger partial charge in [0.15, 0.2) is 0 Å². The molecule has 1 saturated heterocycles. The summed E-state index contributed by atoms with van der Waals surface area (Å²) in [6.45, 7) is 3.96. The van der Waals surface area contributed by atoms with E-state index in [0.29, 0.717) is 5.92 Å². The molecule has 5 heteroatoms. The zero-order valence-electron chi connectivity index (χ0n) is 11.9. The molecular formula is C16H18ClN3O. The van der Waals surface area contributed by atoms with E-state index in [9.17, 15) is 0 Å². The van der Waals surface area contributed by atoms with E-state index >= 15 is 0 Å². The smallest absolute Gasteiger partial charge is 0.146 e. The molecule has 0 amide bonds. The molecule has 0 saturated carbocycles. The maximum atomic E-state index is 6.27. The predicted octanol–water partition coefficient (Wildman–Crippen LogP) is 3.17. The molecule has 4 nitrogen and oxygen atoms in total. The Morgan fingerprint density at radius 2 is 2.29 bits per heavy atom. The fourth-order valence-electron chi connectivity index (χ4n) is 2.67. The molecule has 1 aliphatic heterocycles. The van der Waals surface area contributed by atoms with E-state index in [4.69, 9.17) is 16.3 Å². The van der Waals surface area contributed by atoms with Crippen LogP contribution in [0.2, 0.25) is 5.02 Å². The number of aromatic nitrogens is 2. The summed E-state index contributed by atoms with van der Waals surface area (Å²) in [6, 6.07) is 5.69. The van der Waals surface area contributed by atoms with Crippen molar-refractivity contribution >= 4 is 11.6 Å². The number of rotatable bonds is 4. The van der Waals surface area contributed by atoms with Gasteiger partial charge in [-0.05, 0) is 43.7 Å². The molecular weight excluding hydrogens is 286 g/mol. The fraction of sp³-hybridized carbons (Fsp3) is 0.375. The first-order chi connectivity index (χ1) is 10.2. The highest BCUT2D eigenvalue weighted by Gasteiger charge is 2.29. The van der Waals surface area contributed by atoms with Crippen molar-refractivity contribution in [1.82, 2.24) is 15.3 Å². The van der Waals surface area contributed by atoms with Crippen molar-refractivity contribution in [2.45, 2.75) is 19.4 Å². The lowest BCUT2D eigenvalue weighted by molar-refractivity contribution is 0.138. The van der Waals surface area contributed by atoms with Crippen LogP contribution >= 0.6 is 11.6 Å². The second-order valence-electron chi connectivity index (χ2n) is 5.33. The Balaban J connectivity index is 1.88. The molecule has 1 aromatic heterocycles. The van der Waals surface area contributed by atoms with Gasteiger partial charge in [0.1, 0.15) is 11.9 Å². The first kappa shape index (κ1) is 14.3. The van der Waals surface area contributed by atoms with E-state index < -0.39 is 0 Å². The quantitative estimate of drug-likeness (QED) is 0.942. The van der Waals surface area contributed by atoms with Crippen molar-refractivity contribution in [3.05, 3.63) is 53.1 Å². The largest absolute Gasteiger partial charge is 0.483 e. The molecule has 0 radical (unpaired) electrons. The van der Waals surface area contributed by atoms with E-state index in [-0.39, 0.29) is 6.10 Å². The standard InChI is InChI=1S/C16H18ClN3O/c1-11-8-13(17)2-3-15(11)21-16(12-4-5-18-9-12)14-10-19-6-7-20-14/h2-3,6-8,10,12,16,18H,4-5,9H2,1H3/t12-,16-/m0/s1. The Morgan fingerprint density at radius 1 is 1.38 bits per heavy atom. The topological polar surface area (TPSA) is 47.0 Å². The van der Waals surface area contributed by atoms with E-state index in [1.165, 1.54) is 0 Å². The molecule has 21 heavy (non-hydrogen) atoms. The highest BCUT2D eigenvalue weighted by molar-refractivity contribution is 6.30. The van der Waals surface area contributed by atoms with E-state index in [2.05, 4.69) is 15.3 Å². The second-order valence-corrected chi connectivity index (χ2v) is 5.77. The predicted molar refractivity (Wildman–Crippen MR) is 82.6 cm³/mol. The third kappa shape index (κ3) is 3.34. The van der Waals surface area contributed by atoms with Crippen molar-refractivity contribution in [2.24, 2.45) is 5.92 Å². The molecule has 0 aliphatic carbocycles. The molecule has 2 atom stereocenters. The maximum Gasteiger partial charge on any atom is 0.146 e. The molecule has 0 spiro atoms. The Kier molecular flexibility index (Phi) is 4.36. The van der Waals surface area contributed by atoms with Crippen molar-refractivity contribution in [1.29, 1.82) is 0 Å². The third-order valence-corrected chi connectivity index (χ3v) is 4.03. The summed E-state index contributed by atoms with van der Waals surface area (Å²) in [4.78, 5) is 8.60. The van der Waals surface area contributed by atoms with Crippen molar-refractivity contribution in [2.75, 3.05) is 13.1 Å². The van der Waals surface area contributed by atoms with E-state index in [1.54, 1.807) is 18.6 Å². The number of halogens is 1. The van der Waals surface area contributed by atoms with Crippen LogP contribution in [0.25, 0.3) is 0 Å². The molecule has 110 valence electrons. The number of aryl methyl sites for hydroxylation is 1. The van der Waals surface area contributed by atoms with Crippen LogP contribution in [0.4, 0.5) is 0 Å². The van der Waals surface area contributed by atoms with Crippen LogP contribution in [-0.4, -0.2) is 23.1 Å². The van der Waals surface area contributed by atoms with Crippen LogP contribution in [-0.2, 0) is 0 Å². The number of hydrogen-bond acceptors (Lipinski definition) is 4. The van der Waals surface area contributed by atoms with Crippen LogP contribution < -0.4 is 10.1 Å². The number of ether oxygens (including phenoxy) is 1. The van der Waals surface area contributed by atoms with Gasteiger partial charge in [0.2, 0.25) is 0 Å². The third-order valence-electron chi connectivity index (χ3n) is 3.79. The summed E-state index contributed by atoms with van der Waals surface area (Å²) in [7, 11) is 0. The molecule has 2 heterocycles. The number of nitrogens with one attached hydrogen (secondary N) is 1. The molecule has 0 bridgehead atoms. The molecule has 3 rings (SSSR count). The van der Waals surface area contributed by atoms with Crippen molar-refractivity contribution in [3.8, 4) is 5.75 Å². The summed E-state index contributed by atoms with van der Waals surface area (Å²) in [6.07, 6.45) is 6.17. The number of benzene rings is 1. The van der Waals surface area contributed by atoms with Crippen molar-refractivity contribution in [3.63, 3.8) is 0 Å². The van der Waals surface area contributed by atoms with Crippen LogP contribution in [0.1, 0.15) is 23.8 Å². The van der Waals surface area contributed by atoms with Gasteiger partial charge < -0.3 is 10.1 Å². The first-order valence-corrected chi connectivity index (χ1v) is 7.51. The Bertz CT molecular complexity index is 600. The summed E-state index contributed by atoms with van der Waals surface area (Å²) >= 11 is 6.01. The van der Waals surface area contributed by atoms with E-state index in [1.807, 2.05) is 25.1 Å². The molecule has 0 unspecified atom stereocenters.